The van der Waals surface area contributed by atoms with E-state index in [1.807, 2.05) is 6.92 Å². The third-order valence-corrected chi connectivity index (χ3v) is 3.25. The van der Waals surface area contributed by atoms with Gasteiger partial charge in [-0.2, -0.15) is 5.26 Å². The standard InChI is InChI=1S/C16H15F2N3/c1-2-7-16(11-19,12-4-3-8-20-10-12)21-13-5-6-14(17)15(18)9-13/h3-6,8-10,21H,2,7H2,1H3. The average Bonchev–Trinajstić information content (AvgIpc) is 2.51. The molecule has 1 aromatic carbocycles. The summed E-state index contributed by atoms with van der Waals surface area (Å²) in [6.07, 6.45) is 4.49. The van der Waals surface area contributed by atoms with E-state index in [0.29, 0.717) is 17.7 Å². The lowest BCUT2D eigenvalue weighted by atomic mass is 9.87. The molecule has 2 aromatic rings. The van der Waals surface area contributed by atoms with Crippen LogP contribution < -0.4 is 5.32 Å². The number of hydrogen-bond donors (Lipinski definition) is 1. The molecule has 21 heavy (non-hydrogen) atoms. The number of nitrogens with zero attached hydrogens (tertiary/aromatic N) is 2. The summed E-state index contributed by atoms with van der Waals surface area (Å²) in [6.45, 7) is 1.95. The lowest BCUT2D eigenvalue weighted by molar-refractivity contribution is 0.507. The number of hydrogen-bond acceptors (Lipinski definition) is 3. The van der Waals surface area contributed by atoms with Crippen LogP contribution in [0.25, 0.3) is 0 Å². The van der Waals surface area contributed by atoms with Crippen LogP contribution in [0.4, 0.5) is 14.5 Å². The first-order valence-corrected chi connectivity index (χ1v) is 6.66. The highest BCUT2D eigenvalue weighted by Crippen LogP contribution is 2.30. The highest BCUT2D eigenvalue weighted by Gasteiger charge is 2.31. The molecule has 0 amide bonds. The molecular weight excluding hydrogens is 272 g/mol. The Morgan fingerprint density at radius 2 is 2.10 bits per heavy atom. The molecule has 0 saturated heterocycles. The first-order valence-electron chi connectivity index (χ1n) is 6.66. The van der Waals surface area contributed by atoms with E-state index in [4.69, 9.17) is 0 Å². The number of rotatable bonds is 5. The van der Waals surface area contributed by atoms with Crippen LogP contribution in [-0.4, -0.2) is 4.98 Å². The highest BCUT2D eigenvalue weighted by molar-refractivity contribution is 5.51. The first-order chi connectivity index (χ1) is 10.1. The number of benzene rings is 1. The topological polar surface area (TPSA) is 48.7 Å². The fraction of sp³-hybridized carbons (Fsp3) is 0.250. The van der Waals surface area contributed by atoms with Crippen molar-refractivity contribution < 1.29 is 8.78 Å². The summed E-state index contributed by atoms with van der Waals surface area (Å²) in [5.41, 5.74) is 0.0274. The maximum atomic E-state index is 13.3. The second-order valence-corrected chi connectivity index (χ2v) is 4.76. The Morgan fingerprint density at radius 3 is 2.67 bits per heavy atom. The van der Waals surface area contributed by atoms with Gasteiger partial charge in [0, 0.05) is 29.7 Å². The minimum atomic E-state index is -1.02. The number of pyridine rings is 1. The fourth-order valence-electron chi connectivity index (χ4n) is 2.24. The van der Waals surface area contributed by atoms with Gasteiger partial charge in [-0.3, -0.25) is 4.98 Å². The van der Waals surface area contributed by atoms with Crippen LogP contribution in [0.3, 0.4) is 0 Å². The fourth-order valence-corrected chi connectivity index (χ4v) is 2.24. The monoisotopic (exact) mass is 287 g/mol. The van der Waals surface area contributed by atoms with Crippen molar-refractivity contribution in [3.8, 4) is 6.07 Å². The third-order valence-electron chi connectivity index (χ3n) is 3.25. The lowest BCUT2D eigenvalue weighted by Gasteiger charge is -2.29. The highest BCUT2D eigenvalue weighted by atomic mass is 19.2. The van der Waals surface area contributed by atoms with Crippen molar-refractivity contribution in [1.29, 1.82) is 5.26 Å². The Morgan fingerprint density at radius 1 is 1.29 bits per heavy atom. The molecule has 0 bridgehead atoms. The molecular formula is C16H15F2N3. The van der Waals surface area contributed by atoms with Crippen molar-refractivity contribution in [2.24, 2.45) is 0 Å². The molecule has 1 atom stereocenters. The van der Waals surface area contributed by atoms with Crippen LogP contribution >= 0.6 is 0 Å². The molecule has 0 spiro atoms. The van der Waals surface area contributed by atoms with Crippen molar-refractivity contribution >= 4 is 5.69 Å². The van der Waals surface area contributed by atoms with E-state index in [2.05, 4.69) is 16.4 Å². The number of nitrogens with one attached hydrogen (secondary N) is 1. The summed E-state index contributed by atoms with van der Waals surface area (Å²) in [5.74, 6) is -1.87. The molecule has 2 rings (SSSR count). The first kappa shape index (κ1) is 14.9. The van der Waals surface area contributed by atoms with Gasteiger partial charge in [0.05, 0.1) is 6.07 Å². The Balaban J connectivity index is 2.41. The smallest absolute Gasteiger partial charge is 0.160 e. The average molecular weight is 287 g/mol. The molecule has 0 saturated carbocycles. The van der Waals surface area contributed by atoms with E-state index in [0.717, 1.165) is 18.6 Å². The largest absolute Gasteiger partial charge is 0.364 e. The summed E-state index contributed by atoms with van der Waals surface area (Å²) in [6, 6.07) is 9.28. The molecule has 3 nitrogen and oxygen atoms in total. The van der Waals surface area contributed by atoms with Crippen LogP contribution in [0.15, 0.2) is 42.7 Å². The predicted molar refractivity (Wildman–Crippen MR) is 76.4 cm³/mol. The molecule has 108 valence electrons. The van der Waals surface area contributed by atoms with Gasteiger partial charge in [-0.05, 0) is 24.6 Å². The second kappa shape index (κ2) is 6.31. The molecule has 1 unspecified atom stereocenters. The third kappa shape index (κ3) is 3.16. The predicted octanol–water partition coefficient (Wildman–Crippen LogP) is 3.99. The molecule has 1 N–H and O–H groups in total. The van der Waals surface area contributed by atoms with Gasteiger partial charge in [0.15, 0.2) is 17.2 Å². The van der Waals surface area contributed by atoms with Crippen molar-refractivity contribution in [2.45, 2.75) is 25.3 Å². The lowest BCUT2D eigenvalue weighted by Crippen LogP contribution is -2.33. The van der Waals surface area contributed by atoms with E-state index in [1.165, 1.54) is 6.07 Å². The van der Waals surface area contributed by atoms with E-state index in [9.17, 15) is 14.0 Å². The molecule has 0 radical (unpaired) electrons. The second-order valence-electron chi connectivity index (χ2n) is 4.76. The zero-order valence-corrected chi connectivity index (χ0v) is 11.6. The van der Waals surface area contributed by atoms with Gasteiger partial charge in [-0.1, -0.05) is 19.4 Å². The van der Waals surface area contributed by atoms with Crippen LogP contribution in [0.1, 0.15) is 25.3 Å². The molecule has 0 fully saturated rings. The Labute approximate surface area is 122 Å². The van der Waals surface area contributed by atoms with E-state index < -0.39 is 17.2 Å². The molecule has 0 aliphatic carbocycles. The van der Waals surface area contributed by atoms with E-state index in [-0.39, 0.29) is 0 Å². The van der Waals surface area contributed by atoms with E-state index in [1.54, 1.807) is 24.5 Å². The molecule has 1 aromatic heterocycles. The SMILES string of the molecule is CCCC(C#N)(Nc1ccc(F)c(F)c1)c1cccnc1. The van der Waals surface area contributed by atoms with Crippen molar-refractivity contribution in [3.63, 3.8) is 0 Å². The van der Waals surface area contributed by atoms with Crippen LogP contribution in [0, 0.1) is 23.0 Å². The number of aromatic nitrogens is 1. The van der Waals surface area contributed by atoms with Crippen molar-refractivity contribution in [2.75, 3.05) is 5.32 Å². The maximum Gasteiger partial charge on any atom is 0.160 e. The van der Waals surface area contributed by atoms with Gasteiger partial charge in [-0.25, -0.2) is 8.78 Å². The zero-order valence-electron chi connectivity index (χ0n) is 11.6. The number of nitriles is 1. The molecule has 1 heterocycles. The summed E-state index contributed by atoms with van der Waals surface area (Å²) in [4.78, 5) is 4.03. The number of halogens is 2. The Bertz CT molecular complexity index is 652. The molecule has 5 heteroatoms. The minimum Gasteiger partial charge on any atom is -0.364 e. The van der Waals surface area contributed by atoms with Gasteiger partial charge in [0.25, 0.3) is 0 Å². The van der Waals surface area contributed by atoms with Gasteiger partial charge >= 0.3 is 0 Å². The summed E-state index contributed by atoms with van der Waals surface area (Å²) >= 11 is 0. The quantitative estimate of drug-likeness (QED) is 0.904. The minimum absolute atomic E-state index is 0.354. The van der Waals surface area contributed by atoms with Crippen molar-refractivity contribution in [3.05, 3.63) is 59.9 Å². The van der Waals surface area contributed by atoms with Gasteiger partial charge in [0.1, 0.15) is 0 Å². The number of anilines is 1. The molecule has 0 aliphatic heterocycles. The van der Waals surface area contributed by atoms with Crippen LogP contribution in [0.2, 0.25) is 0 Å². The molecule has 0 aliphatic rings. The Hall–Kier alpha value is -2.48. The van der Waals surface area contributed by atoms with Crippen LogP contribution in [0.5, 0.6) is 0 Å². The zero-order chi connectivity index (χ0) is 15.3. The van der Waals surface area contributed by atoms with Gasteiger partial charge in [0.2, 0.25) is 0 Å². The van der Waals surface area contributed by atoms with Gasteiger partial charge < -0.3 is 5.32 Å². The summed E-state index contributed by atoms with van der Waals surface area (Å²) in [7, 11) is 0. The summed E-state index contributed by atoms with van der Waals surface area (Å²) in [5, 5.41) is 12.7. The van der Waals surface area contributed by atoms with E-state index >= 15 is 0 Å². The summed E-state index contributed by atoms with van der Waals surface area (Å²) < 4.78 is 26.3. The Kier molecular flexibility index (Phi) is 4.49. The van der Waals surface area contributed by atoms with Crippen LogP contribution in [-0.2, 0) is 5.54 Å². The normalized spacial score (nSPS) is 13.2. The van der Waals surface area contributed by atoms with Gasteiger partial charge in [-0.15, -0.1) is 0 Å². The maximum absolute atomic E-state index is 13.3. The van der Waals surface area contributed by atoms with Crippen molar-refractivity contribution in [1.82, 2.24) is 4.98 Å².